The first-order chi connectivity index (χ1) is 13.4. The van der Waals surface area contributed by atoms with Crippen molar-refractivity contribution in [2.45, 2.75) is 18.9 Å². The number of nitrogens with one attached hydrogen (secondary N) is 2. The second-order valence-corrected chi connectivity index (χ2v) is 7.69. The average Bonchev–Trinajstić information content (AvgIpc) is 3.05. The molecule has 150 valence electrons. The monoisotopic (exact) mass is 404 g/mol. The molecule has 1 saturated heterocycles. The predicted molar refractivity (Wildman–Crippen MR) is 109 cm³/mol. The van der Waals surface area contributed by atoms with Crippen LogP contribution in [0.25, 0.3) is 10.4 Å². The Balaban J connectivity index is 1.73. The molecule has 1 aliphatic heterocycles. The fourth-order valence-electron chi connectivity index (χ4n) is 3.00. The van der Waals surface area contributed by atoms with Crippen molar-refractivity contribution in [2.24, 2.45) is 5.73 Å². The zero-order valence-corrected chi connectivity index (χ0v) is 16.7. The van der Waals surface area contributed by atoms with E-state index in [0.29, 0.717) is 5.00 Å². The van der Waals surface area contributed by atoms with E-state index in [4.69, 9.17) is 15.2 Å². The van der Waals surface area contributed by atoms with Gasteiger partial charge in [-0.1, -0.05) is 0 Å². The van der Waals surface area contributed by atoms with Crippen LogP contribution in [-0.4, -0.2) is 50.3 Å². The molecular formula is C19H24N4O4S. The number of nitrogens with zero attached hydrogens (tertiary/aromatic N) is 1. The van der Waals surface area contributed by atoms with E-state index in [1.54, 1.807) is 13.2 Å². The summed E-state index contributed by atoms with van der Waals surface area (Å²) in [6.07, 6.45) is 1.21. The van der Waals surface area contributed by atoms with E-state index < -0.39 is 12.1 Å². The second kappa shape index (κ2) is 8.94. The first-order valence-corrected chi connectivity index (χ1v) is 9.78. The van der Waals surface area contributed by atoms with E-state index in [-0.39, 0.29) is 11.8 Å². The van der Waals surface area contributed by atoms with Crippen molar-refractivity contribution < 1.29 is 19.1 Å². The van der Waals surface area contributed by atoms with Gasteiger partial charge in [0.2, 0.25) is 0 Å². The third-order valence-corrected chi connectivity index (χ3v) is 5.63. The van der Waals surface area contributed by atoms with Crippen molar-refractivity contribution in [3.8, 4) is 21.9 Å². The Morgan fingerprint density at radius 1 is 1.21 bits per heavy atom. The van der Waals surface area contributed by atoms with Gasteiger partial charge in [-0.2, -0.15) is 0 Å². The summed E-state index contributed by atoms with van der Waals surface area (Å²) in [4.78, 5) is 26.7. The van der Waals surface area contributed by atoms with Crippen molar-refractivity contribution >= 4 is 28.5 Å². The van der Waals surface area contributed by atoms with Crippen molar-refractivity contribution in [1.29, 1.82) is 0 Å². The minimum Gasteiger partial charge on any atom is -0.497 e. The number of carbonyl (C=O) groups is 2. The number of anilines is 1. The Hall–Kier alpha value is -2.78. The number of nitrogens with two attached hydrogens (primary N) is 1. The number of benzene rings is 1. The first kappa shape index (κ1) is 20.0. The largest absolute Gasteiger partial charge is 0.497 e. The molecule has 0 saturated carbocycles. The van der Waals surface area contributed by atoms with Crippen LogP contribution >= 0.6 is 11.3 Å². The molecule has 2 heterocycles. The first-order valence-electron chi connectivity index (χ1n) is 8.96. The summed E-state index contributed by atoms with van der Waals surface area (Å²) in [6, 6.07) is 8.53. The number of urea groups is 1. The van der Waals surface area contributed by atoms with E-state index in [0.717, 1.165) is 42.1 Å². The average molecular weight is 404 g/mol. The van der Waals surface area contributed by atoms with E-state index in [1.807, 2.05) is 24.3 Å². The van der Waals surface area contributed by atoms with Crippen LogP contribution in [0.15, 0.2) is 30.3 Å². The molecule has 0 unspecified atom stereocenters. The molecule has 2 aromatic rings. The molecule has 3 rings (SSSR count). The van der Waals surface area contributed by atoms with E-state index in [1.165, 1.54) is 11.3 Å². The molecule has 4 N–H and O–H groups in total. The topological polar surface area (TPSA) is 106 Å². The van der Waals surface area contributed by atoms with Gasteiger partial charge in [-0.15, -0.1) is 11.3 Å². The number of methoxy groups -OCH3 is 1. The van der Waals surface area contributed by atoms with Gasteiger partial charge in [0.1, 0.15) is 10.8 Å². The maximum atomic E-state index is 12.3. The van der Waals surface area contributed by atoms with Gasteiger partial charge >= 0.3 is 12.1 Å². The van der Waals surface area contributed by atoms with Crippen molar-refractivity contribution in [3.63, 3.8) is 0 Å². The number of ether oxygens (including phenoxy) is 2. The molecule has 0 atom stereocenters. The Labute approximate surface area is 167 Å². The summed E-state index contributed by atoms with van der Waals surface area (Å²) in [5.41, 5.74) is 6.16. The van der Waals surface area contributed by atoms with Gasteiger partial charge in [0, 0.05) is 17.0 Å². The maximum absolute atomic E-state index is 12.3. The summed E-state index contributed by atoms with van der Waals surface area (Å²) in [6.45, 7) is 1.86. The Kier molecular flexibility index (Phi) is 6.37. The minimum absolute atomic E-state index is 0.0796. The minimum atomic E-state index is -0.719. The summed E-state index contributed by atoms with van der Waals surface area (Å²) in [7, 11) is 3.66. The number of primary amides is 1. The van der Waals surface area contributed by atoms with E-state index in [9.17, 15) is 9.59 Å². The number of hydrogen-bond donors (Lipinski definition) is 3. The van der Waals surface area contributed by atoms with Gasteiger partial charge in [0.15, 0.2) is 5.75 Å². The SMILES string of the molecule is COc1ccc(-c2cc(OC(=O)NC3CCN(C)CC3)c(NC(N)=O)s2)cc1. The number of amides is 3. The van der Waals surface area contributed by atoms with Gasteiger partial charge in [-0.25, -0.2) is 9.59 Å². The molecule has 8 nitrogen and oxygen atoms in total. The lowest BCUT2D eigenvalue weighted by atomic mass is 10.1. The fourth-order valence-corrected chi connectivity index (χ4v) is 3.99. The molecule has 28 heavy (non-hydrogen) atoms. The predicted octanol–water partition coefficient (Wildman–Crippen LogP) is 3.10. The van der Waals surface area contributed by atoms with E-state index >= 15 is 0 Å². The molecule has 1 aromatic heterocycles. The summed E-state index contributed by atoms with van der Waals surface area (Å²) >= 11 is 1.28. The van der Waals surface area contributed by atoms with Crippen LogP contribution in [0.3, 0.4) is 0 Å². The molecule has 1 aliphatic rings. The van der Waals surface area contributed by atoms with Gasteiger partial charge in [0.25, 0.3) is 0 Å². The van der Waals surface area contributed by atoms with Gasteiger partial charge in [-0.05, 0) is 62.8 Å². The number of hydrogen-bond acceptors (Lipinski definition) is 6. The standard InChI is InChI=1S/C19H24N4O4S/c1-23-9-7-13(8-10-23)21-19(25)27-15-11-16(28-17(15)22-18(20)24)12-3-5-14(26-2)6-4-12/h3-6,11,13H,7-10H2,1-2H3,(H,21,25)(H3,20,22,24). The molecule has 0 bridgehead atoms. The molecule has 3 amide bonds. The zero-order chi connectivity index (χ0) is 20.1. The Morgan fingerprint density at radius 3 is 2.50 bits per heavy atom. The lowest BCUT2D eigenvalue weighted by molar-refractivity contribution is 0.182. The highest BCUT2D eigenvalue weighted by Crippen LogP contribution is 2.41. The van der Waals surface area contributed by atoms with E-state index in [2.05, 4.69) is 22.6 Å². The molecule has 0 radical (unpaired) electrons. The number of piperidine rings is 1. The summed E-state index contributed by atoms with van der Waals surface area (Å²) in [5, 5.41) is 5.80. The molecule has 0 aliphatic carbocycles. The second-order valence-electron chi connectivity index (χ2n) is 6.63. The highest BCUT2D eigenvalue weighted by molar-refractivity contribution is 7.20. The molecule has 0 spiro atoms. The summed E-state index contributed by atoms with van der Waals surface area (Å²) < 4.78 is 10.6. The molecule has 1 aromatic carbocycles. The number of likely N-dealkylation sites (tertiary alicyclic amines) is 1. The van der Waals surface area contributed by atoms with Gasteiger partial charge in [0.05, 0.1) is 7.11 Å². The smallest absolute Gasteiger partial charge is 0.412 e. The van der Waals surface area contributed by atoms with Gasteiger partial charge in [-0.3, -0.25) is 5.32 Å². The summed E-state index contributed by atoms with van der Waals surface area (Å²) in [5.74, 6) is 1.00. The van der Waals surface area contributed by atoms with Crippen LogP contribution in [0.4, 0.5) is 14.6 Å². The molecular weight excluding hydrogens is 380 g/mol. The normalized spacial score (nSPS) is 15.1. The number of rotatable bonds is 5. The number of carbonyl (C=O) groups excluding carboxylic acids is 2. The van der Waals surface area contributed by atoms with Crippen molar-refractivity contribution in [1.82, 2.24) is 10.2 Å². The van der Waals surface area contributed by atoms with Crippen LogP contribution in [0.1, 0.15) is 12.8 Å². The highest BCUT2D eigenvalue weighted by Gasteiger charge is 2.21. The highest BCUT2D eigenvalue weighted by atomic mass is 32.1. The fraction of sp³-hybridized carbons (Fsp3) is 0.368. The zero-order valence-electron chi connectivity index (χ0n) is 15.9. The van der Waals surface area contributed by atoms with Crippen LogP contribution in [0, 0.1) is 0 Å². The molecule has 9 heteroatoms. The molecule has 1 fully saturated rings. The van der Waals surface area contributed by atoms with Gasteiger partial charge < -0.3 is 25.4 Å². The van der Waals surface area contributed by atoms with Crippen LogP contribution in [0.5, 0.6) is 11.5 Å². The van der Waals surface area contributed by atoms with Crippen LogP contribution < -0.4 is 25.8 Å². The quantitative estimate of drug-likeness (QED) is 0.710. The third kappa shape index (κ3) is 5.14. The lowest BCUT2D eigenvalue weighted by Gasteiger charge is -2.29. The number of thiophene rings is 1. The van der Waals surface area contributed by atoms with Crippen molar-refractivity contribution in [2.75, 3.05) is 32.6 Å². The Bertz CT molecular complexity index is 829. The Morgan fingerprint density at radius 2 is 1.89 bits per heavy atom. The third-order valence-electron chi connectivity index (χ3n) is 4.55. The maximum Gasteiger partial charge on any atom is 0.412 e. The lowest BCUT2D eigenvalue weighted by Crippen LogP contribution is -2.44. The van der Waals surface area contributed by atoms with Crippen LogP contribution in [-0.2, 0) is 0 Å². The van der Waals surface area contributed by atoms with Crippen molar-refractivity contribution in [3.05, 3.63) is 30.3 Å². The van der Waals surface area contributed by atoms with Crippen LogP contribution in [0.2, 0.25) is 0 Å².